The summed E-state index contributed by atoms with van der Waals surface area (Å²) in [5.41, 5.74) is -0.792. The van der Waals surface area contributed by atoms with E-state index in [4.69, 9.17) is 9.47 Å². The molecule has 5 N–H and O–H groups in total. The summed E-state index contributed by atoms with van der Waals surface area (Å²) in [4.78, 5) is 50.3. The van der Waals surface area contributed by atoms with Crippen molar-refractivity contribution in [1.82, 2.24) is 21.3 Å². The highest BCUT2D eigenvalue weighted by molar-refractivity contribution is 9.10. The molecule has 0 bridgehead atoms. The molecule has 14 heteroatoms. The van der Waals surface area contributed by atoms with E-state index in [0.717, 1.165) is 28.2 Å². The zero-order valence-electron chi connectivity index (χ0n) is 28.3. The standard InChI is InChI=1S/C34H47BrF2N4O7/c1-33(2,3)47-31(45)40-25(19-22-18-24(36)13-14-26(22)37)20-28(42)38-15-7-8-16-39-30(44)29(43)27(41-32(46)48-34(4,5)6)17-21-9-11-23(35)12-10-21/h9-14,18,25,27,29,43H,7-8,15-17,19-20H2,1-6H3,(H,38,42)(H,39,44)(H,40,45)(H,41,46). The average Bonchev–Trinajstić information content (AvgIpc) is 2.95. The number of aliphatic hydroxyl groups is 1. The molecule has 11 nitrogen and oxygen atoms in total. The van der Waals surface area contributed by atoms with Crippen LogP contribution in [0, 0.1) is 11.6 Å². The first kappa shape index (κ1) is 40.4. The molecule has 48 heavy (non-hydrogen) atoms. The third-order valence-electron chi connectivity index (χ3n) is 6.57. The highest BCUT2D eigenvalue weighted by Gasteiger charge is 2.30. The number of amides is 4. The van der Waals surface area contributed by atoms with E-state index in [2.05, 4.69) is 37.2 Å². The van der Waals surface area contributed by atoms with Gasteiger partial charge in [0.25, 0.3) is 5.91 Å². The van der Waals surface area contributed by atoms with Crippen molar-refractivity contribution in [2.45, 2.75) is 103 Å². The van der Waals surface area contributed by atoms with Gasteiger partial charge in [-0.15, -0.1) is 0 Å². The second-order valence-electron chi connectivity index (χ2n) is 13.4. The lowest BCUT2D eigenvalue weighted by Gasteiger charge is -2.26. The second kappa shape index (κ2) is 18.7. The lowest BCUT2D eigenvalue weighted by atomic mass is 10.0. The molecule has 0 aliphatic rings. The number of nitrogens with one attached hydrogen (secondary N) is 4. The van der Waals surface area contributed by atoms with Crippen molar-refractivity contribution in [2.75, 3.05) is 13.1 Å². The van der Waals surface area contributed by atoms with E-state index in [9.17, 15) is 33.1 Å². The number of rotatable bonds is 15. The molecule has 2 aromatic rings. The lowest BCUT2D eigenvalue weighted by Crippen LogP contribution is -2.52. The SMILES string of the molecule is CC(C)(C)OC(=O)NC(CC(=O)NCCCCNC(=O)C(O)C(Cc1ccc(Br)cc1)NC(=O)OC(C)(C)C)Cc1cc(F)ccc1F. The van der Waals surface area contributed by atoms with Crippen LogP contribution in [0.3, 0.4) is 0 Å². The largest absolute Gasteiger partial charge is 0.444 e. The number of carbonyl (C=O) groups excluding carboxylic acids is 4. The summed E-state index contributed by atoms with van der Waals surface area (Å²) in [5, 5.41) is 21.4. The highest BCUT2D eigenvalue weighted by atomic mass is 79.9. The Morgan fingerprint density at radius 1 is 0.812 bits per heavy atom. The van der Waals surface area contributed by atoms with Crippen LogP contribution >= 0.6 is 15.9 Å². The van der Waals surface area contributed by atoms with Gasteiger partial charge in [-0.3, -0.25) is 9.59 Å². The van der Waals surface area contributed by atoms with Gasteiger partial charge in [0.2, 0.25) is 5.91 Å². The van der Waals surface area contributed by atoms with Crippen molar-refractivity contribution in [2.24, 2.45) is 0 Å². The third kappa shape index (κ3) is 16.4. The summed E-state index contributed by atoms with van der Waals surface area (Å²) in [6.07, 6.45) is -2.42. The Labute approximate surface area is 289 Å². The van der Waals surface area contributed by atoms with Crippen LogP contribution in [0.25, 0.3) is 0 Å². The number of hydrogen-bond acceptors (Lipinski definition) is 7. The third-order valence-corrected chi connectivity index (χ3v) is 7.10. The number of alkyl carbamates (subject to hydrolysis) is 2. The van der Waals surface area contributed by atoms with Gasteiger partial charge in [0.15, 0.2) is 6.10 Å². The number of ether oxygens (including phenoxy) is 2. The topological polar surface area (TPSA) is 155 Å². The molecule has 0 aliphatic heterocycles. The Morgan fingerprint density at radius 3 is 1.96 bits per heavy atom. The monoisotopic (exact) mass is 740 g/mol. The molecule has 0 fully saturated rings. The van der Waals surface area contributed by atoms with Gasteiger partial charge in [0.1, 0.15) is 22.8 Å². The fourth-order valence-corrected chi connectivity index (χ4v) is 4.73. The van der Waals surface area contributed by atoms with Gasteiger partial charge in [-0.05, 0) is 109 Å². The summed E-state index contributed by atoms with van der Waals surface area (Å²) in [6.45, 7) is 10.6. The lowest BCUT2D eigenvalue weighted by molar-refractivity contribution is -0.130. The maximum absolute atomic E-state index is 14.3. The first-order chi connectivity index (χ1) is 22.3. The summed E-state index contributed by atoms with van der Waals surface area (Å²) in [6, 6.07) is 8.37. The Hall–Kier alpha value is -3.78. The predicted octanol–water partition coefficient (Wildman–Crippen LogP) is 5.06. The zero-order chi connectivity index (χ0) is 36.1. The summed E-state index contributed by atoms with van der Waals surface area (Å²) in [5.74, 6) is -2.43. The highest BCUT2D eigenvalue weighted by Crippen LogP contribution is 2.16. The molecule has 4 amide bonds. The van der Waals surface area contributed by atoms with E-state index >= 15 is 0 Å². The number of benzene rings is 2. The first-order valence-corrected chi connectivity index (χ1v) is 16.5. The number of carbonyl (C=O) groups is 4. The van der Waals surface area contributed by atoms with Crippen LogP contribution < -0.4 is 21.3 Å². The van der Waals surface area contributed by atoms with E-state index in [1.807, 2.05) is 24.3 Å². The van der Waals surface area contributed by atoms with Crippen LogP contribution in [0.1, 0.15) is 71.9 Å². The molecule has 2 rings (SSSR count). The molecule has 2 aromatic carbocycles. The Balaban J connectivity index is 1.88. The van der Waals surface area contributed by atoms with Crippen molar-refractivity contribution >= 4 is 39.9 Å². The van der Waals surface area contributed by atoms with Gasteiger partial charge < -0.3 is 35.8 Å². The molecular formula is C34H47BrF2N4O7. The minimum absolute atomic E-state index is 0.00200. The fourth-order valence-electron chi connectivity index (χ4n) is 4.46. The number of aliphatic hydroxyl groups excluding tert-OH is 1. The maximum atomic E-state index is 14.3. The van der Waals surface area contributed by atoms with Crippen LogP contribution in [0.5, 0.6) is 0 Å². The molecular weight excluding hydrogens is 694 g/mol. The van der Waals surface area contributed by atoms with Crippen molar-refractivity contribution < 1.29 is 42.5 Å². The van der Waals surface area contributed by atoms with Gasteiger partial charge in [-0.2, -0.15) is 0 Å². The van der Waals surface area contributed by atoms with E-state index in [-0.39, 0.29) is 37.9 Å². The van der Waals surface area contributed by atoms with Gasteiger partial charge in [-0.25, -0.2) is 18.4 Å². The van der Waals surface area contributed by atoms with Crippen LogP contribution in [0.4, 0.5) is 18.4 Å². The van der Waals surface area contributed by atoms with Crippen LogP contribution in [0.2, 0.25) is 0 Å². The van der Waals surface area contributed by atoms with Gasteiger partial charge in [-0.1, -0.05) is 28.1 Å². The van der Waals surface area contributed by atoms with Crippen LogP contribution in [0.15, 0.2) is 46.9 Å². The Bertz CT molecular complexity index is 1380. The van der Waals surface area contributed by atoms with Crippen LogP contribution in [-0.4, -0.2) is 71.6 Å². The smallest absolute Gasteiger partial charge is 0.407 e. The number of unbranched alkanes of at least 4 members (excludes halogenated alkanes) is 1. The second-order valence-corrected chi connectivity index (χ2v) is 14.3. The normalized spacial score (nSPS) is 13.5. The zero-order valence-corrected chi connectivity index (χ0v) is 29.8. The summed E-state index contributed by atoms with van der Waals surface area (Å²) in [7, 11) is 0. The Kier molecular flexibility index (Phi) is 15.7. The molecule has 0 aliphatic carbocycles. The summed E-state index contributed by atoms with van der Waals surface area (Å²) < 4.78 is 39.4. The average molecular weight is 742 g/mol. The first-order valence-electron chi connectivity index (χ1n) is 15.7. The van der Waals surface area contributed by atoms with Crippen LogP contribution in [-0.2, 0) is 31.9 Å². The predicted molar refractivity (Wildman–Crippen MR) is 180 cm³/mol. The van der Waals surface area contributed by atoms with Crippen molar-refractivity contribution in [3.63, 3.8) is 0 Å². The van der Waals surface area contributed by atoms with E-state index in [1.54, 1.807) is 41.5 Å². The molecule has 0 heterocycles. The molecule has 3 unspecified atom stereocenters. The van der Waals surface area contributed by atoms with Gasteiger partial charge in [0.05, 0.1) is 6.04 Å². The van der Waals surface area contributed by atoms with E-state index in [0.29, 0.717) is 12.8 Å². The molecule has 0 spiro atoms. The van der Waals surface area contributed by atoms with E-state index < -0.39 is 65.0 Å². The minimum atomic E-state index is -1.57. The van der Waals surface area contributed by atoms with Gasteiger partial charge >= 0.3 is 12.2 Å². The van der Waals surface area contributed by atoms with Crippen molar-refractivity contribution in [3.05, 3.63) is 69.7 Å². The number of hydrogen-bond donors (Lipinski definition) is 5. The fraction of sp³-hybridized carbons (Fsp3) is 0.529. The number of halogens is 3. The molecule has 266 valence electrons. The van der Waals surface area contributed by atoms with Crippen molar-refractivity contribution in [3.8, 4) is 0 Å². The minimum Gasteiger partial charge on any atom is -0.444 e. The molecule has 0 radical (unpaired) electrons. The van der Waals surface area contributed by atoms with Crippen molar-refractivity contribution in [1.29, 1.82) is 0 Å². The molecule has 0 aromatic heterocycles. The van der Waals surface area contributed by atoms with E-state index in [1.165, 1.54) is 0 Å². The molecule has 3 atom stereocenters. The molecule has 0 saturated heterocycles. The summed E-state index contributed by atoms with van der Waals surface area (Å²) >= 11 is 3.37. The molecule has 0 saturated carbocycles. The quantitative estimate of drug-likeness (QED) is 0.160. The Morgan fingerprint density at radius 2 is 1.38 bits per heavy atom. The van der Waals surface area contributed by atoms with Gasteiger partial charge in [0, 0.05) is 30.0 Å². The maximum Gasteiger partial charge on any atom is 0.407 e.